The Morgan fingerprint density at radius 1 is 1.30 bits per heavy atom. The highest BCUT2D eigenvalue weighted by Crippen LogP contribution is 2.28. The third-order valence-electron chi connectivity index (χ3n) is 3.01. The summed E-state index contributed by atoms with van der Waals surface area (Å²) in [5.41, 5.74) is 8.63. The van der Waals surface area contributed by atoms with Crippen LogP contribution in [0.2, 0.25) is 5.02 Å². The van der Waals surface area contributed by atoms with Crippen LogP contribution >= 0.6 is 39.7 Å². The summed E-state index contributed by atoms with van der Waals surface area (Å²) in [7, 11) is 2.02. The molecule has 0 heterocycles. The summed E-state index contributed by atoms with van der Waals surface area (Å²) >= 11 is 14.7. The van der Waals surface area contributed by atoms with Crippen molar-refractivity contribution in [2.75, 3.05) is 11.9 Å². The lowest BCUT2D eigenvalue weighted by molar-refractivity contribution is 0.920. The summed E-state index contributed by atoms with van der Waals surface area (Å²) in [6, 6.07) is 13.7. The van der Waals surface area contributed by atoms with E-state index in [1.54, 1.807) is 0 Å². The molecule has 2 nitrogen and oxygen atoms in total. The van der Waals surface area contributed by atoms with E-state index in [9.17, 15) is 0 Å². The predicted molar refractivity (Wildman–Crippen MR) is 93.6 cm³/mol. The molecule has 0 saturated carbocycles. The molecular weight excluding hydrogens is 356 g/mol. The van der Waals surface area contributed by atoms with Gasteiger partial charge >= 0.3 is 0 Å². The van der Waals surface area contributed by atoms with E-state index in [-0.39, 0.29) is 0 Å². The molecule has 0 atom stereocenters. The van der Waals surface area contributed by atoms with Crippen molar-refractivity contribution in [3.63, 3.8) is 0 Å². The SMILES string of the molecule is CN(Cc1ccccc1Cl)c1ccc(C(N)=S)cc1Br. The van der Waals surface area contributed by atoms with Crippen molar-refractivity contribution >= 4 is 50.4 Å². The maximum Gasteiger partial charge on any atom is 0.104 e. The van der Waals surface area contributed by atoms with E-state index in [1.165, 1.54) is 0 Å². The zero-order chi connectivity index (χ0) is 14.7. The minimum absolute atomic E-state index is 0.394. The molecule has 0 spiro atoms. The predicted octanol–water partition coefficient (Wildman–Crippen LogP) is 4.37. The van der Waals surface area contributed by atoms with E-state index in [4.69, 9.17) is 29.6 Å². The Morgan fingerprint density at radius 3 is 2.60 bits per heavy atom. The normalized spacial score (nSPS) is 10.3. The van der Waals surface area contributed by atoms with Gasteiger partial charge in [-0.1, -0.05) is 42.0 Å². The zero-order valence-electron chi connectivity index (χ0n) is 10.9. The quantitative estimate of drug-likeness (QED) is 0.811. The Morgan fingerprint density at radius 2 is 2.00 bits per heavy atom. The number of hydrogen-bond donors (Lipinski definition) is 1. The summed E-state index contributed by atoms with van der Waals surface area (Å²) < 4.78 is 0.956. The van der Waals surface area contributed by atoms with Gasteiger partial charge in [0.05, 0.1) is 5.69 Å². The monoisotopic (exact) mass is 368 g/mol. The van der Waals surface area contributed by atoms with Crippen molar-refractivity contribution < 1.29 is 0 Å². The third-order valence-corrected chi connectivity index (χ3v) is 4.25. The van der Waals surface area contributed by atoms with E-state index in [1.807, 2.05) is 49.5 Å². The van der Waals surface area contributed by atoms with E-state index < -0.39 is 0 Å². The van der Waals surface area contributed by atoms with Crippen LogP contribution in [0.5, 0.6) is 0 Å². The van der Waals surface area contributed by atoms with Crippen LogP contribution in [0, 0.1) is 0 Å². The molecule has 0 aliphatic heterocycles. The molecule has 2 aromatic carbocycles. The van der Waals surface area contributed by atoms with Crippen LogP contribution < -0.4 is 10.6 Å². The van der Waals surface area contributed by atoms with Crippen molar-refractivity contribution in [3.8, 4) is 0 Å². The van der Waals surface area contributed by atoms with Gasteiger partial charge in [-0.25, -0.2) is 0 Å². The van der Waals surface area contributed by atoms with E-state index >= 15 is 0 Å². The minimum atomic E-state index is 0.394. The Bertz CT molecular complexity index is 646. The summed E-state index contributed by atoms with van der Waals surface area (Å²) in [6.07, 6.45) is 0. The maximum atomic E-state index is 6.19. The second-order valence-electron chi connectivity index (χ2n) is 4.48. The molecule has 0 amide bonds. The van der Waals surface area contributed by atoms with Gasteiger partial charge in [0, 0.05) is 28.7 Å². The number of benzene rings is 2. The number of hydrogen-bond acceptors (Lipinski definition) is 2. The molecule has 0 fully saturated rings. The summed E-state index contributed by atoms with van der Waals surface area (Å²) in [5.74, 6) is 0. The minimum Gasteiger partial charge on any atom is -0.389 e. The lowest BCUT2D eigenvalue weighted by Crippen LogP contribution is -2.18. The molecule has 0 saturated heterocycles. The number of rotatable bonds is 4. The van der Waals surface area contributed by atoms with Crippen LogP contribution in [-0.2, 0) is 6.54 Å². The third kappa shape index (κ3) is 3.51. The number of nitrogens with two attached hydrogens (primary N) is 1. The lowest BCUT2D eigenvalue weighted by atomic mass is 10.1. The molecule has 20 heavy (non-hydrogen) atoms. The van der Waals surface area contributed by atoms with Gasteiger partial charge in [0.1, 0.15) is 4.99 Å². The molecule has 104 valence electrons. The first kappa shape index (κ1) is 15.3. The van der Waals surface area contributed by atoms with Crippen LogP contribution in [0.3, 0.4) is 0 Å². The molecule has 0 aliphatic carbocycles. The van der Waals surface area contributed by atoms with Gasteiger partial charge in [-0.15, -0.1) is 0 Å². The molecule has 0 bridgehead atoms. The topological polar surface area (TPSA) is 29.3 Å². The molecule has 2 N–H and O–H groups in total. The second-order valence-corrected chi connectivity index (χ2v) is 6.18. The molecule has 0 unspecified atom stereocenters. The average molecular weight is 370 g/mol. The zero-order valence-corrected chi connectivity index (χ0v) is 14.1. The number of nitrogens with zero attached hydrogens (tertiary/aromatic N) is 1. The summed E-state index contributed by atoms with van der Waals surface area (Å²) in [4.78, 5) is 2.51. The van der Waals surface area contributed by atoms with Gasteiger partial charge in [-0.05, 0) is 45.8 Å². The largest absolute Gasteiger partial charge is 0.389 e. The fourth-order valence-electron chi connectivity index (χ4n) is 1.94. The van der Waals surface area contributed by atoms with Gasteiger partial charge in [0.15, 0.2) is 0 Å². The highest BCUT2D eigenvalue weighted by Gasteiger charge is 2.09. The smallest absolute Gasteiger partial charge is 0.104 e. The Labute approximate surface area is 137 Å². The van der Waals surface area contributed by atoms with Crippen LogP contribution in [0.25, 0.3) is 0 Å². The van der Waals surface area contributed by atoms with Gasteiger partial charge < -0.3 is 10.6 Å². The van der Waals surface area contributed by atoms with Gasteiger partial charge in [0.2, 0.25) is 0 Å². The standard InChI is InChI=1S/C15H14BrClN2S/c1-19(9-11-4-2-3-5-13(11)17)14-7-6-10(15(18)20)8-12(14)16/h2-8H,9H2,1H3,(H2,18,20). The Kier molecular flexibility index (Phi) is 5.02. The number of thiocarbonyl (C=S) groups is 1. The van der Waals surface area contributed by atoms with Crippen molar-refractivity contribution in [2.45, 2.75) is 6.54 Å². The molecule has 0 aliphatic rings. The van der Waals surface area contributed by atoms with Gasteiger partial charge in [-0.2, -0.15) is 0 Å². The molecule has 0 radical (unpaired) electrons. The molecule has 2 aromatic rings. The lowest BCUT2D eigenvalue weighted by Gasteiger charge is -2.22. The Balaban J connectivity index is 2.23. The van der Waals surface area contributed by atoms with Crippen molar-refractivity contribution in [2.24, 2.45) is 5.73 Å². The Hall–Kier alpha value is -1.10. The summed E-state index contributed by atoms with van der Waals surface area (Å²) in [6.45, 7) is 0.727. The second kappa shape index (κ2) is 6.57. The van der Waals surface area contributed by atoms with Crippen LogP contribution in [-0.4, -0.2) is 12.0 Å². The fraction of sp³-hybridized carbons (Fsp3) is 0.133. The highest BCUT2D eigenvalue weighted by atomic mass is 79.9. The van der Waals surface area contributed by atoms with Crippen molar-refractivity contribution in [1.29, 1.82) is 0 Å². The van der Waals surface area contributed by atoms with Crippen LogP contribution in [0.15, 0.2) is 46.9 Å². The van der Waals surface area contributed by atoms with E-state index in [0.717, 1.165) is 32.9 Å². The molecule has 0 aromatic heterocycles. The van der Waals surface area contributed by atoms with E-state index in [2.05, 4.69) is 20.8 Å². The van der Waals surface area contributed by atoms with Crippen LogP contribution in [0.1, 0.15) is 11.1 Å². The van der Waals surface area contributed by atoms with Crippen molar-refractivity contribution in [3.05, 3.63) is 63.1 Å². The number of halogens is 2. The van der Waals surface area contributed by atoms with Crippen molar-refractivity contribution in [1.82, 2.24) is 0 Å². The number of anilines is 1. The molecule has 5 heteroatoms. The van der Waals surface area contributed by atoms with Gasteiger partial charge in [0.25, 0.3) is 0 Å². The maximum absolute atomic E-state index is 6.19. The molecular formula is C15H14BrClN2S. The average Bonchev–Trinajstić information content (AvgIpc) is 2.41. The van der Waals surface area contributed by atoms with E-state index in [0.29, 0.717) is 4.99 Å². The fourth-order valence-corrected chi connectivity index (χ4v) is 2.94. The first-order valence-corrected chi connectivity index (χ1v) is 7.61. The highest BCUT2D eigenvalue weighted by molar-refractivity contribution is 9.10. The first-order valence-electron chi connectivity index (χ1n) is 6.03. The van der Waals surface area contributed by atoms with Gasteiger partial charge in [-0.3, -0.25) is 0 Å². The van der Waals surface area contributed by atoms with Crippen LogP contribution in [0.4, 0.5) is 5.69 Å². The first-order chi connectivity index (χ1) is 9.49. The summed E-state index contributed by atoms with van der Waals surface area (Å²) in [5, 5.41) is 0.773. The molecule has 2 rings (SSSR count).